The fourth-order valence-corrected chi connectivity index (χ4v) is 1.57. The van der Waals surface area contributed by atoms with Gasteiger partial charge in [0.1, 0.15) is 6.10 Å². The van der Waals surface area contributed by atoms with Crippen LogP contribution in [0.2, 0.25) is 0 Å². The van der Waals surface area contributed by atoms with Crippen molar-refractivity contribution < 1.29 is 9.53 Å². The van der Waals surface area contributed by atoms with Gasteiger partial charge in [0.25, 0.3) is 0 Å². The second kappa shape index (κ2) is 4.74. The monoisotopic (exact) mass is 196 g/mol. The Bertz CT molecular complexity index is 228. The lowest BCUT2D eigenvalue weighted by molar-refractivity contribution is -0.128. The predicted molar refractivity (Wildman–Crippen MR) is 57.2 cm³/mol. The molecule has 0 N–H and O–H groups in total. The molecule has 0 aromatic heterocycles. The van der Waals surface area contributed by atoms with Crippen molar-refractivity contribution in [2.75, 3.05) is 6.61 Å². The van der Waals surface area contributed by atoms with E-state index in [1.54, 1.807) is 6.08 Å². The van der Waals surface area contributed by atoms with Crippen molar-refractivity contribution >= 4 is 5.78 Å². The summed E-state index contributed by atoms with van der Waals surface area (Å²) in [7, 11) is 0. The number of rotatable bonds is 4. The molecular weight excluding hydrogens is 176 g/mol. The van der Waals surface area contributed by atoms with Crippen LogP contribution in [0.5, 0.6) is 0 Å². The predicted octanol–water partition coefficient (Wildman–Crippen LogP) is 2.73. The van der Waals surface area contributed by atoms with Crippen molar-refractivity contribution in [3.63, 3.8) is 0 Å². The molecular formula is C12H20O2. The van der Waals surface area contributed by atoms with Crippen molar-refractivity contribution in [2.45, 2.75) is 46.1 Å². The molecule has 1 rings (SSSR count). The van der Waals surface area contributed by atoms with Crippen LogP contribution < -0.4 is 0 Å². The number of carbonyl (C=O) groups excluding carboxylic acids is 1. The fraction of sp³-hybridized carbons (Fsp3) is 0.750. The molecule has 0 bridgehead atoms. The largest absolute Gasteiger partial charge is 0.370 e. The highest BCUT2D eigenvalue weighted by Crippen LogP contribution is 2.29. The molecule has 0 saturated heterocycles. The average molecular weight is 196 g/mol. The summed E-state index contributed by atoms with van der Waals surface area (Å²) in [6.07, 6.45) is 6.40. The Hall–Kier alpha value is -0.630. The summed E-state index contributed by atoms with van der Waals surface area (Å²) >= 11 is 0. The molecule has 0 amide bonds. The van der Waals surface area contributed by atoms with Gasteiger partial charge in [-0.05, 0) is 24.3 Å². The van der Waals surface area contributed by atoms with Crippen LogP contribution in [0.3, 0.4) is 0 Å². The molecule has 1 aliphatic rings. The highest BCUT2D eigenvalue weighted by molar-refractivity contribution is 5.94. The lowest BCUT2D eigenvalue weighted by atomic mass is 9.81. The smallest absolute Gasteiger partial charge is 0.184 e. The Morgan fingerprint density at radius 3 is 2.93 bits per heavy atom. The van der Waals surface area contributed by atoms with Crippen molar-refractivity contribution in [3.8, 4) is 0 Å². The van der Waals surface area contributed by atoms with E-state index in [-0.39, 0.29) is 17.3 Å². The molecule has 0 spiro atoms. The van der Waals surface area contributed by atoms with Crippen LogP contribution in [-0.4, -0.2) is 18.5 Å². The molecule has 1 atom stereocenters. The number of hydrogen-bond donors (Lipinski definition) is 0. The van der Waals surface area contributed by atoms with Gasteiger partial charge < -0.3 is 4.74 Å². The summed E-state index contributed by atoms with van der Waals surface area (Å²) in [6, 6.07) is 0. The molecule has 0 aromatic carbocycles. The standard InChI is InChI=1S/C12H20O2/c1-4-5-8-14-11-9-12(2,3)7-6-10(11)13/h6-7,11H,4-5,8-9H2,1-3H3. The summed E-state index contributed by atoms with van der Waals surface area (Å²) < 4.78 is 5.57. The number of ketones is 1. The van der Waals surface area contributed by atoms with Gasteiger partial charge in [0.15, 0.2) is 5.78 Å². The topological polar surface area (TPSA) is 26.3 Å². The zero-order valence-corrected chi connectivity index (χ0v) is 9.38. The molecule has 1 aliphatic carbocycles. The molecule has 0 aromatic rings. The van der Waals surface area contributed by atoms with Crippen LogP contribution in [0.15, 0.2) is 12.2 Å². The highest BCUT2D eigenvalue weighted by Gasteiger charge is 2.29. The van der Waals surface area contributed by atoms with Crippen molar-refractivity contribution in [2.24, 2.45) is 5.41 Å². The summed E-state index contributed by atoms with van der Waals surface area (Å²) in [5.74, 6) is 0.125. The lowest BCUT2D eigenvalue weighted by Gasteiger charge is -2.29. The van der Waals surface area contributed by atoms with Crippen LogP contribution in [0.4, 0.5) is 0 Å². The third-order valence-electron chi connectivity index (χ3n) is 2.54. The third kappa shape index (κ3) is 3.26. The number of allylic oxidation sites excluding steroid dienone is 1. The average Bonchev–Trinajstić information content (AvgIpc) is 2.11. The molecule has 0 saturated carbocycles. The lowest BCUT2D eigenvalue weighted by Crippen LogP contribution is -2.32. The first-order valence-corrected chi connectivity index (χ1v) is 5.40. The Labute approximate surface area is 86.3 Å². The molecule has 0 radical (unpaired) electrons. The third-order valence-corrected chi connectivity index (χ3v) is 2.54. The van der Waals surface area contributed by atoms with Crippen molar-refractivity contribution in [1.29, 1.82) is 0 Å². The minimum absolute atomic E-state index is 0.102. The summed E-state index contributed by atoms with van der Waals surface area (Å²) in [5, 5.41) is 0. The van der Waals surface area contributed by atoms with Gasteiger partial charge in [-0.3, -0.25) is 4.79 Å². The Kier molecular flexibility index (Phi) is 3.87. The van der Waals surface area contributed by atoms with E-state index in [9.17, 15) is 4.79 Å². The molecule has 0 heterocycles. The summed E-state index contributed by atoms with van der Waals surface area (Å²) in [5.41, 5.74) is 0.102. The van der Waals surface area contributed by atoms with Gasteiger partial charge in [-0.15, -0.1) is 0 Å². The zero-order valence-electron chi connectivity index (χ0n) is 9.38. The van der Waals surface area contributed by atoms with Gasteiger partial charge in [-0.25, -0.2) is 0 Å². The minimum Gasteiger partial charge on any atom is -0.370 e. The first kappa shape index (κ1) is 11.4. The van der Waals surface area contributed by atoms with Crippen molar-refractivity contribution in [1.82, 2.24) is 0 Å². The van der Waals surface area contributed by atoms with Crippen LogP contribution in [0, 0.1) is 5.41 Å². The van der Waals surface area contributed by atoms with Gasteiger partial charge in [0.05, 0.1) is 0 Å². The molecule has 1 unspecified atom stereocenters. The SMILES string of the molecule is CCCCOC1CC(C)(C)C=CC1=O. The van der Waals surface area contributed by atoms with Gasteiger partial charge in [-0.2, -0.15) is 0 Å². The maximum absolute atomic E-state index is 11.5. The first-order valence-electron chi connectivity index (χ1n) is 5.40. The molecule has 2 heteroatoms. The minimum atomic E-state index is -0.207. The zero-order chi connectivity index (χ0) is 10.6. The maximum Gasteiger partial charge on any atom is 0.184 e. The number of unbranched alkanes of at least 4 members (excludes halogenated alkanes) is 1. The van der Waals surface area contributed by atoms with Crippen LogP contribution in [0.25, 0.3) is 0 Å². The van der Waals surface area contributed by atoms with Crippen molar-refractivity contribution in [3.05, 3.63) is 12.2 Å². The second-order valence-corrected chi connectivity index (χ2v) is 4.64. The normalized spacial score (nSPS) is 25.4. The Balaban J connectivity index is 2.45. The van der Waals surface area contributed by atoms with Gasteiger partial charge in [0, 0.05) is 6.61 Å². The summed E-state index contributed by atoms with van der Waals surface area (Å²) in [4.78, 5) is 11.5. The fourth-order valence-electron chi connectivity index (χ4n) is 1.57. The Morgan fingerprint density at radius 1 is 1.57 bits per heavy atom. The van der Waals surface area contributed by atoms with E-state index in [1.165, 1.54) is 0 Å². The van der Waals surface area contributed by atoms with Crippen LogP contribution >= 0.6 is 0 Å². The highest BCUT2D eigenvalue weighted by atomic mass is 16.5. The summed E-state index contributed by atoms with van der Waals surface area (Å²) in [6.45, 7) is 7.09. The number of ether oxygens (including phenoxy) is 1. The van der Waals surface area contributed by atoms with E-state index in [1.807, 2.05) is 6.08 Å². The van der Waals surface area contributed by atoms with E-state index in [0.29, 0.717) is 6.61 Å². The number of hydrogen-bond acceptors (Lipinski definition) is 2. The van der Waals surface area contributed by atoms with E-state index in [2.05, 4.69) is 20.8 Å². The molecule has 80 valence electrons. The van der Waals surface area contributed by atoms with E-state index in [0.717, 1.165) is 19.3 Å². The van der Waals surface area contributed by atoms with Gasteiger partial charge >= 0.3 is 0 Å². The van der Waals surface area contributed by atoms with E-state index < -0.39 is 0 Å². The van der Waals surface area contributed by atoms with E-state index in [4.69, 9.17) is 4.74 Å². The van der Waals surface area contributed by atoms with Crippen LogP contribution in [0.1, 0.15) is 40.0 Å². The first-order chi connectivity index (χ1) is 6.55. The van der Waals surface area contributed by atoms with Gasteiger partial charge in [0.2, 0.25) is 0 Å². The number of carbonyl (C=O) groups is 1. The molecule has 2 nitrogen and oxygen atoms in total. The molecule has 14 heavy (non-hydrogen) atoms. The quantitative estimate of drug-likeness (QED) is 0.646. The maximum atomic E-state index is 11.5. The molecule has 0 aliphatic heterocycles. The van der Waals surface area contributed by atoms with Gasteiger partial charge in [-0.1, -0.05) is 33.3 Å². The Morgan fingerprint density at radius 2 is 2.29 bits per heavy atom. The molecule has 0 fully saturated rings. The second-order valence-electron chi connectivity index (χ2n) is 4.64. The van der Waals surface area contributed by atoms with E-state index >= 15 is 0 Å². The van der Waals surface area contributed by atoms with Crippen LogP contribution in [-0.2, 0) is 9.53 Å².